The first-order valence-corrected chi connectivity index (χ1v) is 8.85. The Kier molecular flexibility index (Phi) is 5.45. The number of hydrogen-bond donors (Lipinski definition) is 2. The van der Waals surface area contributed by atoms with Crippen LogP contribution >= 0.6 is 0 Å². The fourth-order valence-corrected chi connectivity index (χ4v) is 3.60. The quantitative estimate of drug-likeness (QED) is 0.396. The number of ether oxygens (including phenoxy) is 1. The van der Waals surface area contributed by atoms with Crippen molar-refractivity contribution in [3.8, 4) is 11.5 Å². The van der Waals surface area contributed by atoms with E-state index in [4.69, 9.17) is 9.57 Å². The van der Waals surface area contributed by atoms with Crippen LogP contribution in [0, 0.1) is 0 Å². The summed E-state index contributed by atoms with van der Waals surface area (Å²) < 4.78 is 30.7. The lowest BCUT2D eigenvalue weighted by atomic mass is 10.2. The second-order valence-corrected chi connectivity index (χ2v) is 6.68. The maximum absolute atomic E-state index is 12.5. The van der Waals surface area contributed by atoms with E-state index in [2.05, 4.69) is 5.32 Å². The molecule has 2 aromatic rings. The van der Waals surface area contributed by atoms with E-state index in [0.717, 1.165) is 0 Å². The predicted molar refractivity (Wildman–Crippen MR) is 90.5 cm³/mol. The van der Waals surface area contributed by atoms with E-state index < -0.39 is 31.5 Å². The van der Waals surface area contributed by atoms with Gasteiger partial charge in [0, 0.05) is 6.54 Å². The molecule has 0 aliphatic rings. The minimum Gasteiger partial charge on any atom is -0.504 e. The van der Waals surface area contributed by atoms with Gasteiger partial charge in [-0.15, -0.1) is 0 Å². The lowest BCUT2D eigenvalue weighted by molar-refractivity contribution is -0.0443. The highest BCUT2D eigenvalue weighted by Gasteiger charge is 2.29. The molecule has 2 N–H and O–H groups in total. The first kappa shape index (κ1) is 18.9. The van der Waals surface area contributed by atoms with Crippen LogP contribution in [0.5, 0.6) is 11.5 Å². The highest BCUT2D eigenvalue weighted by Crippen LogP contribution is 2.35. The van der Waals surface area contributed by atoms with Crippen LogP contribution < -0.4 is 20.9 Å². The Morgan fingerprint density at radius 3 is 2.44 bits per heavy atom. The van der Waals surface area contributed by atoms with Crippen LogP contribution in [-0.4, -0.2) is 38.3 Å². The van der Waals surface area contributed by atoms with Crippen molar-refractivity contribution in [2.75, 3.05) is 25.6 Å². The number of para-hydroxylation sites is 1. The van der Waals surface area contributed by atoms with Gasteiger partial charge in [-0.25, -0.2) is 8.42 Å². The molecule has 0 saturated carbocycles. The molecule has 25 heavy (non-hydrogen) atoms. The predicted octanol–water partition coefficient (Wildman–Crippen LogP) is 0.702. The molecular weight excluding hydrogens is 352 g/mol. The summed E-state index contributed by atoms with van der Waals surface area (Å²) in [6.45, 7) is 3.43. The van der Waals surface area contributed by atoms with Gasteiger partial charge in [0.05, 0.1) is 19.4 Å². The number of phenols is 1. The standard InChI is InChI=1S/C15H18N2O7S/c1-4-17(23-3)25(21,22)10-8-6-7-9(12(10)18)16-11-13(19)14(20)15(11)24-5-2/h6-8,16,18H,4-5H2,1-3H3. The number of phenolic OH excluding ortho intramolecular Hbond substituents is 1. The number of aromatic hydroxyl groups is 1. The second kappa shape index (κ2) is 7.21. The minimum atomic E-state index is -4.10. The molecule has 2 aromatic carbocycles. The third-order valence-electron chi connectivity index (χ3n) is 3.42. The maximum atomic E-state index is 12.5. The van der Waals surface area contributed by atoms with Gasteiger partial charge >= 0.3 is 0 Å². The number of anilines is 2. The normalized spacial score (nSPS) is 11.8. The summed E-state index contributed by atoms with van der Waals surface area (Å²) in [6, 6.07) is 3.94. The van der Waals surface area contributed by atoms with Gasteiger partial charge in [0.2, 0.25) is 0 Å². The lowest BCUT2D eigenvalue weighted by Crippen LogP contribution is -2.35. The van der Waals surface area contributed by atoms with E-state index >= 15 is 0 Å². The van der Waals surface area contributed by atoms with Crippen LogP contribution in [-0.2, 0) is 14.9 Å². The van der Waals surface area contributed by atoms with Crippen LogP contribution in [0.3, 0.4) is 0 Å². The highest BCUT2D eigenvalue weighted by molar-refractivity contribution is 7.89. The largest absolute Gasteiger partial charge is 0.504 e. The van der Waals surface area contributed by atoms with E-state index in [1.807, 2.05) is 0 Å². The first-order chi connectivity index (χ1) is 11.8. The second-order valence-electron chi connectivity index (χ2n) is 4.88. The van der Waals surface area contributed by atoms with Crippen LogP contribution in [0.4, 0.5) is 11.4 Å². The van der Waals surface area contributed by atoms with Crippen LogP contribution in [0.1, 0.15) is 13.8 Å². The zero-order valence-corrected chi connectivity index (χ0v) is 14.7. The van der Waals surface area contributed by atoms with Crippen molar-refractivity contribution in [1.29, 1.82) is 0 Å². The molecule has 0 aliphatic carbocycles. The van der Waals surface area contributed by atoms with E-state index in [-0.39, 0.29) is 30.3 Å². The SMILES string of the molecule is CCOc1c(Nc2cccc(S(=O)(=O)N(CC)OC)c2O)c(=O)c1=O. The molecule has 0 unspecified atom stereocenters. The van der Waals surface area contributed by atoms with Gasteiger partial charge in [-0.05, 0) is 26.0 Å². The number of nitrogens with one attached hydrogen (secondary N) is 1. The summed E-state index contributed by atoms with van der Waals surface area (Å²) in [5.74, 6) is -0.749. The van der Waals surface area contributed by atoms with Crippen molar-refractivity contribution < 1.29 is 23.1 Å². The molecule has 0 atom stereocenters. The molecule has 0 bridgehead atoms. The molecule has 10 heteroatoms. The van der Waals surface area contributed by atoms with Gasteiger partial charge in [0.15, 0.2) is 11.5 Å². The van der Waals surface area contributed by atoms with Gasteiger partial charge in [-0.3, -0.25) is 14.4 Å². The van der Waals surface area contributed by atoms with Crippen molar-refractivity contribution in [3.05, 3.63) is 38.6 Å². The average Bonchev–Trinajstić information content (AvgIpc) is 2.59. The molecule has 0 aliphatic heterocycles. The van der Waals surface area contributed by atoms with Gasteiger partial charge in [-0.1, -0.05) is 10.5 Å². The highest BCUT2D eigenvalue weighted by atomic mass is 32.2. The maximum Gasteiger partial charge on any atom is 0.272 e. The van der Waals surface area contributed by atoms with Crippen molar-refractivity contribution in [3.63, 3.8) is 0 Å². The fraction of sp³-hybridized carbons (Fsp3) is 0.333. The van der Waals surface area contributed by atoms with Crippen LogP contribution in [0.15, 0.2) is 32.7 Å². The number of hydroxylamine groups is 1. The Bertz CT molecular complexity index is 941. The third-order valence-corrected chi connectivity index (χ3v) is 5.25. The van der Waals surface area contributed by atoms with Crippen LogP contribution in [0.25, 0.3) is 0 Å². The van der Waals surface area contributed by atoms with Gasteiger partial charge in [0.25, 0.3) is 20.9 Å². The Balaban J connectivity index is 2.46. The van der Waals surface area contributed by atoms with E-state index in [1.165, 1.54) is 25.3 Å². The Labute approximate surface area is 144 Å². The zero-order chi connectivity index (χ0) is 18.8. The molecular formula is C15H18N2O7S. The smallest absolute Gasteiger partial charge is 0.272 e. The molecule has 0 radical (unpaired) electrons. The Morgan fingerprint density at radius 2 is 1.88 bits per heavy atom. The summed E-state index contributed by atoms with van der Waals surface area (Å²) in [7, 11) is -2.91. The molecule has 0 aromatic heterocycles. The molecule has 2 rings (SSSR count). The topological polar surface area (TPSA) is 122 Å². The monoisotopic (exact) mass is 370 g/mol. The van der Waals surface area contributed by atoms with Gasteiger partial charge < -0.3 is 15.2 Å². The summed E-state index contributed by atoms with van der Waals surface area (Å²) in [5, 5.41) is 12.9. The molecule has 0 heterocycles. The number of nitrogens with zero attached hydrogens (tertiary/aromatic N) is 1. The molecule has 0 saturated heterocycles. The zero-order valence-electron chi connectivity index (χ0n) is 13.9. The van der Waals surface area contributed by atoms with E-state index in [9.17, 15) is 23.1 Å². The van der Waals surface area contributed by atoms with Crippen molar-refractivity contribution in [2.24, 2.45) is 0 Å². The fourth-order valence-electron chi connectivity index (χ4n) is 2.24. The number of rotatable bonds is 8. The first-order valence-electron chi connectivity index (χ1n) is 7.41. The molecule has 136 valence electrons. The minimum absolute atomic E-state index is 0.0303. The third kappa shape index (κ3) is 3.23. The summed E-state index contributed by atoms with van der Waals surface area (Å²) in [4.78, 5) is 27.5. The molecule has 0 spiro atoms. The number of benzene rings is 1. The number of sulfonamides is 1. The average molecular weight is 370 g/mol. The summed E-state index contributed by atoms with van der Waals surface area (Å²) in [6.07, 6.45) is 0. The van der Waals surface area contributed by atoms with E-state index in [0.29, 0.717) is 4.47 Å². The lowest BCUT2D eigenvalue weighted by Gasteiger charge is -2.19. The Morgan fingerprint density at radius 1 is 1.20 bits per heavy atom. The molecule has 9 nitrogen and oxygen atoms in total. The van der Waals surface area contributed by atoms with Gasteiger partial charge in [-0.2, -0.15) is 0 Å². The molecule has 0 fully saturated rings. The molecule has 0 amide bonds. The summed E-state index contributed by atoms with van der Waals surface area (Å²) in [5.41, 5.74) is -1.76. The van der Waals surface area contributed by atoms with Crippen molar-refractivity contribution >= 4 is 21.4 Å². The number of hydrogen-bond acceptors (Lipinski definition) is 8. The Hall–Kier alpha value is -2.43. The summed E-state index contributed by atoms with van der Waals surface area (Å²) >= 11 is 0. The van der Waals surface area contributed by atoms with Crippen LogP contribution in [0.2, 0.25) is 0 Å². The van der Waals surface area contributed by atoms with Gasteiger partial charge in [0.1, 0.15) is 10.6 Å². The van der Waals surface area contributed by atoms with Crippen molar-refractivity contribution in [1.82, 2.24) is 4.47 Å². The van der Waals surface area contributed by atoms with Crippen molar-refractivity contribution in [2.45, 2.75) is 18.7 Å². The van der Waals surface area contributed by atoms with E-state index in [1.54, 1.807) is 13.8 Å².